The van der Waals surface area contributed by atoms with Crippen LogP contribution in [0.25, 0.3) is 33.4 Å². The highest BCUT2D eigenvalue weighted by molar-refractivity contribution is 6.35. The van der Waals surface area contributed by atoms with Gasteiger partial charge in [-0.25, -0.2) is 9.97 Å². The standard InChI is InChI=1S/C21H18ClN5O/c22-16-9-14(8-15-10-24-27-17(15)16)19-18(13-4-2-1-3-5-13)25-20(23)21(26-19)28-11-12-6-7-12/h1-5,8-10,12H,6-7,11H2,(H2,23,25)(H,24,27). The number of rotatable bonds is 5. The number of nitrogens with zero attached hydrogens (tertiary/aromatic N) is 3. The van der Waals surface area contributed by atoms with Crippen molar-refractivity contribution in [3.63, 3.8) is 0 Å². The molecule has 0 aliphatic heterocycles. The largest absolute Gasteiger partial charge is 0.475 e. The zero-order valence-corrected chi connectivity index (χ0v) is 15.8. The van der Waals surface area contributed by atoms with Gasteiger partial charge in [0.25, 0.3) is 5.88 Å². The molecule has 1 aliphatic carbocycles. The highest BCUT2D eigenvalue weighted by atomic mass is 35.5. The maximum atomic E-state index is 6.46. The Kier molecular flexibility index (Phi) is 4.13. The van der Waals surface area contributed by atoms with Gasteiger partial charge in [-0.2, -0.15) is 5.10 Å². The molecule has 0 radical (unpaired) electrons. The lowest BCUT2D eigenvalue weighted by molar-refractivity contribution is 0.289. The SMILES string of the molecule is Nc1nc(-c2ccccc2)c(-c2cc(Cl)c3[nH]ncc3c2)nc1OCC1CC1. The Morgan fingerprint density at radius 1 is 1.07 bits per heavy atom. The summed E-state index contributed by atoms with van der Waals surface area (Å²) >= 11 is 6.46. The average molecular weight is 392 g/mol. The number of ether oxygens (including phenoxy) is 1. The molecular weight excluding hydrogens is 374 g/mol. The van der Waals surface area contributed by atoms with Crippen LogP contribution in [0.4, 0.5) is 5.82 Å². The van der Waals surface area contributed by atoms with Crippen molar-refractivity contribution in [1.29, 1.82) is 0 Å². The van der Waals surface area contributed by atoms with E-state index in [-0.39, 0.29) is 0 Å². The van der Waals surface area contributed by atoms with Gasteiger partial charge in [0.05, 0.1) is 29.0 Å². The monoisotopic (exact) mass is 391 g/mol. The van der Waals surface area contributed by atoms with Crippen LogP contribution < -0.4 is 10.5 Å². The van der Waals surface area contributed by atoms with Crippen LogP contribution >= 0.6 is 11.6 Å². The van der Waals surface area contributed by atoms with Crippen LogP contribution in [-0.4, -0.2) is 26.8 Å². The third kappa shape index (κ3) is 3.16. The molecule has 28 heavy (non-hydrogen) atoms. The van der Waals surface area contributed by atoms with Crippen LogP contribution in [-0.2, 0) is 0 Å². The number of aromatic nitrogens is 4. The molecule has 3 N–H and O–H groups in total. The molecule has 2 aromatic heterocycles. The second-order valence-electron chi connectivity index (χ2n) is 7.02. The molecule has 0 bridgehead atoms. The van der Waals surface area contributed by atoms with Gasteiger partial charge in [-0.05, 0) is 30.9 Å². The maximum absolute atomic E-state index is 6.46. The van der Waals surface area contributed by atoms with E-state index in [4.69, 9.17) is 27.1 Å². The van der Waals surface area contributed by atoms with Crippen molar-refractivity contribution in [3.05, 3.63) is 53.7 Å². The van der Waals surface area contributed by atoms with Crippen molar-refractivity contribution in [3.8, 4) is 28.4 Å². The quantitative estimate of drug-likeness (QED) is 0.514. The Bertz CT molecular complexity index is 1150. The van der Waals surface area contributed by atoms with E-state index in [1.807, 2.05) is 42.5 Å². The third-order valence-electron chi connectivity index (χ3n) is 4.86. The zero-order chi connectivity index (χ0) is 19.1. The highest BCUT2D eigenvalue weighted by Crippen LogP contribution is 2.37. The molecular formula is C21H18ClN5O. The molecule has 1 saturated carbocycles. The predicted octanol–water partition coefficient (Wildman–Crippen LogP) is 4.71. The number of hydrogen-bond donors (Lipinski definition) is 2. The van der Waals surface area contributed by atoms with E-state index < -0.39 is 0 Å². The van der Waals surface area contributed by atoms with Crippen LogP contribution in [0, 0.1) is 5.92 Å². The molecule has 0 spiro atoms. The van der Waals surface area contributed by atoms with Gasteiger partial charge in [0.2, 0.25) is 0 Å². The summed E-state index contributed by atoms with van der Waals surface area (Å²) < 4.78 is 5.87. The first kappa shape index (κ1) is 17.0. The molecule has 7 heteroatoms. The van der Waals surface area contributed by atoms with Gasteiger partial charge in [0.1, 0.15) is 5.69 Å². The molecule has 6 nitrogen and oxygen atoms in total. The molecule has 0 amide bonds. The number of H-pyrrole nitrogens is 1. The highest BCUT2D eigenvalue weighted by Gasteiger charge is 2.24. The summed E-state index contributed by atoms with van der Waals surface area (Å²) in [7, 11) is 0. The van der Waals surface area contributed by atoms with Gasteiger partial charge >= 0.3 is 0 Å². The maximum Gasteiger partial charge on any atom is 0.257 e. The van der Waals surface area contributed by atoms with Crippen LogP contribution in [0.5, 0.6) is 5.88 Å². The van der Waals surface area contributed by atoms with E-state index in [9.17, 15) is 0 Å². The molecule has 5 rings (SSSR count). The first-order chi connectivity index (χ1) is 13.7. The Morgan fingerprint density at radius 2 is 1.86 bits per heavy atom. The van der Waals surface area contributed by atoms with E-state index in [0.717, 1.165) is 22.0 Å². The minimum absolute atomic E-state index is 0.290. The Morgan fingerprint density at radius 3 is 2.64 bits per heavy atom. The van der Waals surface area contributed by atoms with Crippen molar-refractivity contribution in [1.82, 2.24) is 20.2 Å². The summed E-state index contributed by atoms with van der Waals surface area (Å²) in [5.74, 6) is 1.25. The second kappa shape index (κ2) is 6.80. The lowest BCUT2D eigenvalue weighted by Crippen LogP contribution is -2.07. The van der Waals surface area contributed by atoms with Crippen molar-refractivity contribution in [2.75, 3.05) is 12.3 Å². The summed E-state index contributed by atoms with van der Waals surface area (Å²) in [4.78, 5) is 9.39. The fourth-order valence-corrected chi connectivity index (χ4v) is 3.44. The van der Waals surface area contributed by atoms with Crippen LogP contribution in [0.1, 0.15) is 12.8 Å². The van der Waals surface area contributed by atoms with E-state index in [0.29, 0.717) is 40.6 Å². The lowest BCUT2D eigenvalue weighted by atomic mass is 10.0. The number of fused-ring (bicyclic) bond motifs is 1. The third-order valence-corrected chi connectivity index (χ3v) is 5.16. The number of halogens is 1. The van der Waals surface area contributed by atoms with E-state index in [1.54, 1.807) is 6.20 Å². The number of hydrogen-bond acceptors (Lipinski definition) is 5. The number of anilines is 1. The summed E-state index contributed by atoms with van der Waals surface area (Å²) in [6, 6.07) is 13.7. The molecule has 4 aromatic rings. The number of aromatic amines is 1. The second-order valence-corrected chi connectivity index (χ2v) is 7.43. The topological polar surface area (TPSA) is 89.7 Å². The van der Waals surface area contributed by atoms with E-state index in [2.05, 4.69) is 15.2 Å². The van der Waals surface area contributed by atoms with Gasteiger partial charge in [0.15, 0.2) is 5.82 Å². The smallest absolute Gasteiger partial charge is 0.257 e. The van der Waals surface area contributed by atoms with Gasteiger partial charge in [-0.3, -0.25) is 5.10 Å². The van der Waals surface area contributed by atoms with E-state index in [1.165, 1.54) is 12.8 Å². The molecule has 0 unspecified atom stereocenters. The van der Waals surface area contributed by atoms with Gasteiger partial charge in [0, 0.05) is 16.5 Å². The molecule has 0 atom stereocenters. The summed E-state index contributed by atoms with van der Waals surface area (Å²) in [6.07, 6.45) is 4.12. The number of nitrogens with two attached hydrogens (primary N) is 1. The van der Waals surface area contributed by atoms with Crippen LogP contribution in [0.15, 0.2) is 48.7 Å². The fraction of sp³-hybridized carbons (Fsp3) is 0.190. The molecule has 2 heterocycles. The van der Waals surface area contributed by atoms with Crippen LogP contribution in [0.2, 0.25) is 5.02 Å². The Hall–Kier alpha value is -3.12. The van der Waals surface area contributed by atoms with Gasteiger partial charge in [-0.1, -0.05) is 41.9 Å². The normalized spacial score (nSPS) is 13.8. The Labute approximate surface area is 166 Å². The molecule has 0 saturated heterocycles. The van der Waals surface area contributed by atoms with Crippen LogP contribution in [0.3, 0.4) is 0 Å². The number of nitrogen functional groups attached to an aromatic ring is 1. The van der Waals surface area contributed by atoms with Gasteiger partial charge < -0.3 is 10.5 Å². The molecule has 2 aromatic carbocycles. The summed E-state index contributed by atoms with van der Waals surface area (Å²) in [5, 5.41) is 8.46. The lowest BCUT2D eigenvalue weighted by Gasteiger charge is -2.14. The van der Waals surface area contributed by atoms with E-state index >= 15 is 0 Å². The summed E-state index contributed by atoms with van der Waals surface area (Å²) in [6.45, 7) is 0.616. The minimum Gasteiger partial charge on any atom is -0.475 e. The average Bonchev–Trinajstić information content (AvgIpc) is 3.42. The molecule has 140 valence electrons. The first-order valence-electron chi connectivity index (χ1n) is 9.18. The molecule has 1 fully saturated rings. The number of nitrogens with one attached hydrogen (secondary N) is 1. The van der Waals surface area contributed by atoms with Gasteiger partial charge in [-0.15, -0.1) is 0 Å². The van der Waals surface area contributed by atoms with Crippen molar-refractivity contribution < 1.29 is 4.74 Å². The molecule has 1 aliphatic rings. The Balaban J connectivity index is 1.68. The predicted molar refractivity (Wildman–Crippen MR) is 110 cm³/mol. The van der Waals surface area contributed by atoms with Crippen molar-refractivity contribution in [2.45, 2.75) is 12.8 Å². The zero-order valence-electron chi connectivity index (χ0n) is 15.0. The first-order valence-corrected chi connectivity index (χ1v) is 9.55. The number of benzene rings is 2. The van der Waals surface area contributed by atoms with Crippen molar-refractivity contribution >= 4 is 28.3 Å². The summed E-state index contributed by atoms with van der Waals surface area (Å²) in [5.41, 5.74) is 10.1. The minimum atomic E-state index is 0.290. The fourth-order valence-electron chi connectivity index (χ4n) is 3.17. The van der Waals surface area contributed by atoms with Crippen molar-refractivity contribution in [2.24, 2.45) is 5.92 Å².